The summed E-state index contributed by atoms with van der Waals surface area (Å²) < 4.78 is 5.80. The third kappa shape index (κ3) is 4.87. The van der Waals surface area contributed by atoms with E-state index >= 15 is 0 Å². The molecule has 3 heteroatoms. The fraction of sp³-hybridized carbons (Fsp3) is 0.435. The Morgan fingerprint density at radius 2 is 1.88 bits per heavy atom. The minimum Gasteiger partial charge on any atom is -0.493 e. The van der Waals surface area contributed by atoms with Gasteiger partial charge in [0, 0.05) is 12.1 Å². The maximum absolute atomic E-state index is 12.4. The van der Waals surface area contributed by atoms with Gasteiger partial charge in [0.2, 0.25) is 0 Å². The van der Waals surface area contributed by atoms with E-state index in [4.69, 9.17) is 4.74 Å². The van der Waals surface area contributed by atoms with Gasteiger partial charge >= 0.3 is 0 Å². The molecular formula is C23H29NO2. The Balaban J connectivity index is 1.49. The first kappa shape index (κ1) is 18.5. The van der Waals surface area contributed by atoms with Gasteiger partial charge in [0.1, 0.15) is 5.75 Å². The second kappa shape index (κ2) is 9.42. The predicted molar refractivity (Wildman–Crippen MR) is 106 cm³/mol. The maximum atomic E-state index is 12.4. The van der Waals surface area contributed by atoms with Crippen molar-refractivity contribution in [3.63, 3.8) is 0 Å². The van der Waals surface area contributed by atoms with Crippen molar-refractivity contribution in [2.75, 3.05) is 13.2 Å². The number of rotatable bonds is 8. The first-order valence-corrected chi connectivity index (χ1v) is 9.88. The number of ether oxygens (including phenoxy) is 1. The van der Waals surface area contributed by atoms with Crippen LogP contribution in [0.15, 0.2) is 42.5 Å². The second-order valence-electron chi connectivity index (χ2n) is 7.01. The second-order valence-corrected chi connectivity index (χ2v) is 7.01. The molecule has 0 radical (unpaired) electrons. The third-order valence-corrected chi connectivity index (χ3v) is 4.95. The molecule has 0 saturated heterocycles. The van der Waals surface area contributed by atoms with Crippen LogP contribution in [0.5, 0.6) is 5.75 Å². The lowest BCUT2D eigenvalue weighted by molar-refractivity contribution is 0.0953. The minimum absolute atomic E-state index is 0.0360. The van der Waals surface area contributed by atoms with Crippen LogP contribution in [0.1, 0.15) is 59.7 Å². The molecule has 0 aliphatic heterocycles. The monoisotopic (exact) mass is 351 g/mol. The Kier molecular flexibility index (Phi) is 6.70. The van der Waals surface area contributed by atoms with Gasteiger partial charge in [0.05, 0.1) is 6.61 Å². The zero-order valence-electron chi connectivity index (χ0n) is 15.7. The highest BCUT2D eigenvalue weighted by molar-refractivity contribution is 5.94. The van der Waals surface area contributed by atoms with E-state index in [-0.39, 0.29) is 5.91 Å². The number of aryl methyl sites for hydroxylation is 3. The lowest BCUT2D eigenvalue weighted by atomic mass is 9.90. The van der Waals surface area contributed by atoms with Crippen LogP contribution in [0.25, 0.3) is 0 Å². The molecule has 0 heterocycles. The van der Waals surface area contributed by atoms with Gasteiger partial charge in [-0.1, -0.05) is 31.2 Å². The van der Waals surface area contributed by atoms with Crippen molar-refractivity contribution in [1.82, 2.24) is 5.32 Å². The Labute approximate surface area is 156 Å². The van der Waals surface area contributed by atoms with Crippen molar-refractivity contribution in [2.45, 2.75) is 51.9 Å². The summed E-state index contributed by atoms with van der Waals surface area (Å²) in [5.41, 5.74) is 4.77. The van der Waals surface area contributed by atoms with Gasteiger partial charge in [0.25, 0.3) is 5.91 Å². The molecule has 3 nitrogen and oxygen atoms in total. The lowest BCUT2D eigenvalue weighted by Crippen LogP contribution is -2.25. The van der Waals surface area contributed by atoms with Gasteiger partial charge < -0.3 is 10.1 Å². The van der Waals surface area contributed by atoms with E-state index in [1.807, 2.05) is 24.3 Å². The van der Waals surface area contributed by atoms with E-state index in [2.05, 4.69) is 30.4 Å². The molecular weight excluding hydrogens is 322 g/mol. The lowest BCUT2D eigenvalue weighted by Gasteiger charge is -2.16. The number of nitrogens with one attached hydrogen (secondary N) is 1. The van der Waals surface area contributed by atoms with Crippen molar-refractivity contribution in [1.29, 1.82) is 0 Å². The van der Waals surface area contributed by atoms with E-state index in [0.717, 1.165) is 50.0 Å². The number of carbonyl (C=O) groups is 1. The molecule has 0 saturated carbocycles. The van der Waals surface area contributed by atoms with Crippen molar-refractivity contribution < 1.29 is 9.53 Å². The summed E-state index contributed by atoms with van der Waals surface area (Å²) in [6.07, 6.45) is 7.57. The van der Waals surface area contributed by atoms with Crippen molar-refractivity contribution in [3.8, 4) is 5.75 Å². The molecule has 2 aromatic carbocycles. The summed E-state index contributed by atoms with van der Waals surface area (Å²) in [4.78, 5) is 12.4. The molecule has 3 rings (SSSR count). The summed E-state index contributed by atoms with van der Waals surface area (Å²) in [6.45, 7) is 3.53. The molecule has 0 unspecified atom stereocenters. The Morgan fingerprint density at radius 3 is 2.73 bits per heavy atom. The quantitative estimate of drug-likeness (QED) is 0.699. The number of benzene rings is 2. The summed E-state index contributed by atoms with van der Waals surface area (Å²) in [5.74, 6) is 1.00. The normalized spacial score (nSPS) is 13.1. The topological polar surface area (TPSA) is 38.3 Å². The van der Waals surface area contributed by atoms with Crippen LogP contribution < -0.4 is 10.1 Å². The van der Waals surface area contributed by atoms with Crippen LogP contribution in [-0.2, 0) is 19.3 Å². The number of amides is 1. The molecule has 0 bridgehead atoms. The molecule has 0 aromatic heterocycles. The molecule has 1 aliphatic rings. The van der Waals surface area contributed by atoms with Crippen molar-refractivity contribution >= 4 is 5.91 Å². The highest BCUT2D eigenvalue weighted by atomic mass is 16.5. The molecule has 138 valence electrons. The number of fused-ring (bicyclic) bond motifs is 1. The van der Waals surface area contributed by atoms with Crippen molar-refractivity contribution in [2.24, 2.45) is 0 Å². The number of para-hydroxylation sites is 1. The van der Waals surface area contributed by atoms with Gasteiger partial charge in [-0.25, -0.2) is 0 Å². The van der Waals surface area contributed by atoms with Gasteiger partial charge in [0.15, 0.2) is 0 Å². The largest absolute Gasteiger partial charge is 0.493 e. The standard InChI is InChI=1S/C23H29NO2/c1-2-16-26-22-12-6-5-9-19(22)11-7-15-24-23(25)21-14-13-18-8-3-4-10-20(18)17-21/h5-6,9,12-14,17H,2-4,7-8,10-11,15-16H2,1H3,(H,24,25). The van der Waals surface area contributed by atoms with Crippen LogP contribution in [0.2, 0.25) is 0 Å². The van der Waals surface area contributed by atoms with Crippen LogP contribution in [0.4, 0.5) is 0 Å². The minimum atomic E-state index is 0.0360. The third-order valence-electron chi connectivity index (χ3n) is 4.95. The predicted octanol–water partition coefficient (Wildman–Crippen LogP) is 4.72. The Hall–Kier alpha value is -2.29. The number of hydrogen-bond acceptors (Lipinski definition) is 2. The number of carbonyl (C=O) groups excluding carboxylic acids is 1. The summed E-state index contributed by atoms with van der Waals surface area (Å²) in [5, 5.41) is 3.06. The molecule has 0 atom stereocenters. The first-order valence-electron chi connectivity index (χ1n) is 9.88. The molecule has 0 fully saturated rings. The molecule has 26 heavy (non-hydrogen) atoms. The molecule has 1 amide bonds. The molecule has 0 spiro atoms. The average molecular weight is 351 g/mol. The van der Waals surface area contributed by atoms with E-state index in [9.17, 15) is 4.79 Å². The van der Waals surface area contributed by atoms with Gasteiger partial charge in [-0.05, 0) is 79.8 Å². The van der Waals surface area contributed by atoms with Crippen LogP contribution in [-0.4, -0.2) is 19.1 Å². The SMILES string of the molecule is CCCOc1ccccc1CCCNC(=O)c1ccc2c(c1)CCCC2. The fourth-order valence-corrected chi connectivity index (χ4v) is 3.52. The summed E-state index contributed by atoms with van der Waals surface area (Å²) in [7, 11) is 0. The zero-order valence-corrected chi connectivity index (χ0v) is 15.7. The van der Waals surface area contributed by atoms with Crippen LogP contribution in [0.3, 0.4) is 0 Å². The van der Waals surface area contributed by atoms with E-state index < -0.39 is 0 Å². The average Bonchev–Trinajstić information content (AvgIpc) is 2.69. The van der Waals surface area contributed by atoms with Crippen LogP contribution in [0, 0.1) is 0 Å². The highest BCUT2D eigenvalue weighted by Crippen LogP contribution is 2.22. The molecule has 1 aliphatic carbocycles. The fourth-order valence-electron chi connectivity index (χ4n) is 3.52. The Bertz CT molecular complexity index is 739. The van der Waals surface area contributed by atoms with Crippen LogP contribution >= 0.6 is 0 Å². The van der Waals surface area contributed by atoms with E-state index in [1.54, 1.807) is 0 Å². The maximum Gasteiger partial charge on any atom is 0.251 e. The summed E-state index contributed by atoms with van der Waals surface area (Å²) >= 11 is 0. The number of hydrogen-bond donors (Lipinski definition) is 1. The van der Waals surface area contributed by atoms with E-state index in [1.165, 1.54) is 29.5 Å². The Morgan fingerprint density at radius 1 is 1.08 bits per heavy atom. The van der Waals surface area contributed by atoms with Crippen molar-refractivity contribution in [3.05, 3.63) is 64.7 Å². The van der Waals surface area contributed by atoms with Gasteiger partial charge in [-0.3, -0.25) is 4.79 Å². The summed E-state index contributed by atoms with van der Waals surface area (Å²) in [6, 6.07) is 14.4. The zero-order chi connectivity index (χ0) is 18.2. The first-order chi connectivity index (χ1) is 12.8. The molecule has 2 aromatic rings. The highest BCUT2D eigenvalue weighted by Gasteiger charge is 2.12. The molecule has 1 N–H and O–H groups in total. The van der Waals surface area contributed by atoms with Gasteiger partial charge in [-0.15, -0.1) is 0 Å². The smallest absolute Gasteiger partial charge is 0.251 e. The van der Waals surface area contributed by atoms with Gasteiger partial charge in [-0.2, -0.15) is 0 Å². The van der Waals surface area contributed by atoms with E-state index in [0.29, 0.717) is 6.54 Å².